The number of amides is 1. The maximum atomic E-state index is 12.6. The smallest absolute Gasteiger partial charge is 0.274 e. The average molecular weight is 431 g/mol. The number of para-hydroxylation sites is 2. The second-order valence-electron chi connectivity index (χ2n) is 8.07. The maximum Gasteiger partial charge on any atom is 0.274 e. The number of aryl methyl sites for hydroxylation is 1. The fraction of sp³-hybridized carbons (Fsp3) is 0.250. The van der Waals surface area contributed by atoms with Gasteiger partial charge in [-0.1, -0.05) is 43.7 Å². The molecule has 4 rings (SSSR count). The third-order valence-corrected chi connectivity index (χ3v) is 4.84. The first-order valence-corrected chi connectivity index (χ1v) is 10.4. The van der Waals surface area contributed by atoms with Crippen molar-refractivity contribution in [1.82, 2.24) is 19.2 Å². The van der Waals surface area contributed by atoms with Crippen molar-refractivity contribution >= 4 is 17.4 Å². The van der Waals surface area contributed by atoms with Gasteiger partial charge < -0.3 is 10.1 Å². The first kappa shape index (κ1) is 21.3. The lowest BCUT2D eigenvalue weighted by molar-refractivity contribution is 0.102. The number of anilines is 1. The number of hydrogen-bond donors (Lipinski definition) is 1. The van der Waals surface area contributed by atoms with Gasteiger partial charge in [0.1, 0.15) is 18.7 Å². The summed E-state index contributed by atoms with van der Waals surface area (Å²) < 4.78 is 9.12. The predicted molar refractivity (Wildman–Crippen MR) is 122 cm³/mol. The summed E-state index contributed by atoms with van der Waals surface area (Å²) in [5, 5.41) is 2.89. The number of ether oxygens (including phenoxy) is 1. The molecule has 32 heavy (non-hydrogen) atoms. The number of rotatable bonds is 7. The first-order chi connectivity index (χ1) is 15.4. The van der Waals surface area contributed by atoms with Crippen LogP contribution in [0.3, 0.4) is 0 Å². The molecule has 2 aromatic carbocycles. The highest BCUT2D eigenvalue weighted by molar-refractivity contribution is 6.05. The van der Waals surface area contributed by atoms with Crippen molar-refractivity contribution in [2.45, 2.75) is 33.9 Å². The average Bonchev–Trinajstić information content (AvgIpc) is 3.15. The van der Waals surface area contributed by atoms with Crippen LogP contribution in [0.15, 0.2) is 65.7 Å². The second kappa shape index (κ2) is 9.05. The third kappa shape index (κ3) is 4.69. The van der Waals surface area contributed by atoms with Gasteiger partial charge >= 0.3 is 0 Å². The first-order valence-electron chi connectivity index (χ1n) is 10.4. The van der Waals surface area contributed by atoms with Gasteiger partial charge in [0, 0.05) is 18.2 Å². The topological polar surface area (TPSA) is 90.5 Å². The van der Waals surface area contributed by atoms with Gasteiger partial charge in [0.05, 0.1) is 11.4 Å². The summed E-state index contributed by atoms with van der Waals surface area (Å²) in [4.78, 5) is 33.9. The van der Waals surface area contributed by atoms with Crippen molar-refractivity contribution in [2.24, 2.45) is 5.92 Å². The molecular weight excluding hydrogens is 406 g/mol. The number of hydrogen-bond acceptors (Lipinski definition) is 5. The molecule has 4 aromatic rings. The molecule has 8 heteroatoms. The zero-order valence-corrected chi connectivity index (χ0v) is 18.3. The van der Waals surface area contributed by atoms with Gasteiger partial charge in [-0.25, -0.2) is 4.98 Å². The summed E-state index contributed by atoms with van der Waals surface area (Å²) >= 11 is 0. The summed E-state index contributed by atoms with van der Waals surface area (Å²) in [6.07, 6.45) is 1.62. The number of fused-ring (bicyclic) bond motifs is 1. The molecule has 8 nitrogen and oxygen atoms in total. The van der Waals surface area contributed by atoms with Gasteiger partial charge in [-0.05, 0) is 37.1 Å². The van der Waals surface area contributed by atoms with E-state index in [-0.39, 0.29) is 18.1 Å². The van der Waals surface area contributed by atoms with Crippen molar-refractivity contribution in [3.63, 3.8) is 0 Å². The minimum Gasteiger partial charge on any atom is -0.485 e. The zero-order valence-electron chi connectivity index (χ0n) is 18.3. The molecule has 0 unspecified atom stereocenters. The zero-order chi connectivity index (χ0) is 22.7. The van der Waals surface area contributed by atoms with Crippen molar-refractivity contribution in [3.8, 4) is 5.75 Å². The Morgan fingerprint density at radius 2 is 1.94 bits per heavy atom. The minimum atomic E-state index is -0.224. The summed E-state index contributed by atoms with van der Waals surface area (Å²) in [5.74, 6) is 0.964. The van der Waals surface area contributed by atoms with Gasteiger partial charge in [0.15, 0.2) is 0 Å². The molecule has 0 atom stereocenters. The van der Waals surface area contributed by atoms with Crippen molar-refractivity contribution in [2.75, 3.05) is 5.32 Å². The van der Waals surface area contributed by atoms with Crippen LogP contribution in [-0.2, 0) is 13.2 Å². The van der Waals surface area contributed by atoms with Gasteiger partial charge in [-0.15, -0.1) is 0 Å². The molecule has 0 bridgehead atoms. The van der Waals surface area contributed by atoms with E-state index in [1.165, 1.54) is 10.6 Å². The molecule has 0 aliphatic carbocycles. The summed E-state index contributed by atoms with van der Waals surface area (Å²) in [5.41, 5.74) is 2.36. The van der Waals surface area contributed by atoms with Crippen LogP contribution in [0.25, 0.3) is 5.78 Å². The lowest BCUT2D eigenvalue weighted by atomic mass is 10.1. The molecule has 0 saturated carbocycles. The molecule has 1 N–H and O–H groups in total. The number of nitrogens with zero attached hydrogens (tertiary/aromatic N) is 4. The number of aromatic nitrogens is 4. The molecule has 2 heterocycles. The summed E-state index contributed by atoms with van der Waals surface area (Å²) in [6, 6.07) is 16.0. The lowest BCUT2D eigenvalue weighted by Crippen LogP contribution is -2.23. The molecule has 0 aliphatic rings. The Hall–Kier alpha value is -3.94. The Morgan fingerprint density at radius 1 is 1.12 bits per heavy atom. The van der Waals surface area contributed by atoms with E-state index < -0.39 is 0 Å². The summed E-state index contributed by atoms with van der Waals surface area (Å²) in [7, 11) is 0. The Kier molecular flexibility index (Phi) is 6.02. The fourth-order valence-corrected chi connectivity index (χ4v) is 3.41. The van der Waals surface area contributed by atoms with Crippen LogP contribution in [0.2, 0.25) is 0 Å². The minimum absolute atomic E-state index is 0.0696. The summed E-state index contributed by atoms with van der Waals surface area (Å²) in [6.45, 7) is 6.82. The number of carbonyl (C=O) groups is 1. The van der Waals surface area contributed by atoms with E-state index in [1.54, 1.807) is 29.2 Å². The van der Waals surface area contributed by atoms with E-state index in [1.807, 2.05) is 37.3 Å². The van der Waals surface area contributed by atoms with Gasteiger partial charge in [0.25, 0.3) is 17.2 Å². The van der Waals surface area contributed by atoms with Crippen LogP contribution in [-0.4, -0.2) is 25.1 Å². The van der Waals surface area contributed by atoms with E-state index in [0.29, 0.717) is 40.9 Å². The largest absolute Gasteiger partial charge is 0.485 e. The van der Waals surface area contributed by atoms with Crippen LogP contribution < -0.4 is 15.6 Å². The highest BCUT2D eigenvalue weighted by Gasteiger charge is 2.12. The molecule has 164 valence electrons. The molecule has 2 aromatic heterocycles. The standard InChI is InChI=1S/C24H25N5O3/c1-16(2)13-28-15-25-24-26-19(12-22(30)29(24)28)14-32-21-10-5-4-9-20(21)27-23(31)18-8-6-7-17(3)11-18/h4-12,15-16H,13-14H2,1-3H3,(H,27,31). The molecule has 0 radical (unpaired) electrons. The van der Waals surface area contributed by atoms with Gasteiger partial charge in [0.2, 0.25) is 0 Å². The Morgan fingerprint density at radius 3 is 2.72 bits per heavy atom. The van der Waals surface area contributed by atoms with Crippen molar-refractivity contribution < 1.29 is 9.53 Å². The predicted octanol–water partition coefficient (Wildman–Crippen LogP) is 3.69. The Labute approximate surface area is 185 Å². The number of carbonyl (C=O) groups excluding carboxylic acids is 1. The monoisotopic (exact) mass is 431 g/mol. The van der Waals surface area contributed by atoms with E-state index in [2.05, 4.69) is 29.1 Å². The molecule has 0 fully saturated rings. The Balaban J connectivity index is 1.51. The second-order valence-corrected chi connectivity index (χ2v) is 8.07. The molecule has 0 aliphatic heterocycles. The molecule has 0 saturated heterocycles. The van der Waals surface area contributed by atoms with Crippen LogP contribution in [0.5, 0.6) is 5.75 Å². The highest BCUT2D eigenvalue weighted by atomic mass is 16.5. The molecule has 1 amide bonds. The third-order valence-electron chi connectivity index (χ3n) is 4.84. The highest BCUT2D eigenvalue weighted by Crippen LogP contribution is 2.25. The van der Waals surface area contributed by atoms with E-state index in [9.17, 15) is 9.59 Å². The SMILES string of the molecule is Cc1cccc(C(=O)Nc2ccccc2OCc2cc(=O)n3c(ncn3CC(C)C)n2)c1. The Bertz CT molecular complexity index is 1320. The van der Waals surface area contributed by atoms with E-state index in [0.717, 1.165) is 5.56 Å². The maximum absolute atomic E-state index is 12.6. The number of benzene rings is 2. The fourth-order valence-electron chi connectivity index (χ4n) is 3.41. The number of nitrogens with one attached hydrogen (secondary N) is 1. The van der Waals surface area contributed by atoms with Crippen LogP contribution >= 0.6 is 0 Å². The van der Waals surface area contributed by atoms with E-state index >= 15 is 0 Å². The quantitative estimate of drug-likeness (QED) is 0.482. The van der Waals surface area contributed by atoms with E-state index in [4.69, 9.17) is 4.74 Å². The molecular formula is C24H25N5O3. The van der Waals surface area contributed by atoms with Crippen LogP contribution in [0.4, 0.5) is 5.69 Å². The van der Waals surface area contributed by atoms with Crippen LogP contribution in [0, 0.1) is 12.8 Å². The van der Waals surface area contributed by atoms with Gasteiger partial charge in [-0.2, -0.15) is 9.50 Å². The van der Waals surface area contributed by atoms with Gasteiger partial charge in [-0.3, -0.25) is 14.3 Å². The lowest BCUT2D eigenvalue weighted by Gasteiger charge is -2.13. The van der Waals surface area contributed by atoms with Crippen molar-refractivity contribution in [3.05, 3.63) is 88.1 Å². The van der Waals surface area contributed by atoms with Crippen molar-refractivity contribution in [1.29, 1.82) is 0 Å². The van der Waals surface area contributed by atoms with Crippen LogP contribution in [0.1, 0.15) is 35.5 Å². The normalized spacial score (nSPS) is 11.1. The molecule has 0 spiro atoms.